The molecule has 0 aliphatic heterocycles. The van der Waals surface area contributed by atoms with Gasteiger partial charge >= 0.3 is 0 Å². The van der Waals surface area contributed by atoms with E-state index in [2.05, 4.69) is 10.6 Å². The number of rotatable bonds is 10. The predicted molar refractivity (Wildman–Crippen MR) is 95.0 cm³/mol. The van der Waals surface area contributed by atoms with Crippen LogP contribution in [0.3, 0.4) is 0 Å². The van der Waals surface area contributed by atoms with Gasteiger partial charge in [-0.1, -0.05) is 0 Å². The van der Waals surface area contributed by atoms with Crippen molar-refractivity contribution in [2.75, 3.05) is 30.3 Å². The van der Waals surface area contributed by atoms with Crippen molar-refractivity contribution in [3.63, 3.8) is 0 Å². The number of amides is 2. The van der Waals surface area contributed by atoms with Gasteiger partial charge in [-0.2, -0.15) is 0 Å². The monoisotopic (exact) mass is 375 g/mol. The van der Waals surface area contributed by atoms with E-state index in [4.69, 9.17) is 10.3 Å². The number of anilines is 1. The van der Waals surface area contributed by atoms with Crippen LogP contribution in [0.1, 0.15) is 33.6 Å². The van der Waals surface area contributed by atoms with E-state index < -0.39 is 16.6 Å². The van der Waals surface area contributed by atoms with E-state index in [0.29, 0.717) is 37.2 Å². The Morgan fingerprint density at radius 1 is 1.04 bits per heavy atom. The fourth-order valence-corrected chi connectivity index (χ4v) is 2.56. The molecule has 0 spiro atoms. The SMILES string of the molecule is Nc1cc(C(=O)NCCCSO)cc(C(=O)NCCC[SH](=O)=O)c1. The molecule has 10 heteroatoms. The molecule has 1 aromatic rings. The second-order valence-corrected chi connectivity index (χ2v) is 6.73. The zero-order valence-electron chi connectivity index (χ0n) is 13.0. The predicted octanol–water partition coefficient (Wildman–Crippen LogP) is 0.326. The third-order valence-electron chi connectivity index (χ3n) is 2.98. The summed E-state index contributed by atoms with van der Waals surface area (Å²) in [6.07, 6.45) is 0.938. The molecule has 0 bridgehead atoms. The van der Waals surface area contributed by atoms with Crippen LogP contribution in [-0.2, 0) is 10.7 Å². The van der Waals surface area contributed by atoms with Crippen LogP contribution < -0.4 is 16.4 Å². The van der Waals surface area contributed by atoms with Crippen molar-refractivity contribution in [3.8, 4) is 0 Å². The molecule has 134 valence electrons. The van der Waals surface area contributed by atoms with Crippen LogP contribution in [0.25, 0.3) is 0 Å². The second kappa shape index (κ2) is 10.9. The molecule has 2 amide bonds. The van der Waals surface area contributed by atoms with Gasteiger partial charge in [0, 0.05) is 41.4 Å². The van der Waals surface area contributed by atoms with Crippen molar-refractivity contribution < 1.29 is 22.6 Å². The average Bonchev–Trinajstić information content (AvgIpc) is 2.54. The fraction of sp³-hybridized carbons (Fsp3) is 0.429. The van der Waals surface area contributed by atoms with Crippen LogP contribution >= 0.6 is 12.0 Å². The number of hydrogen-bond acceptors (Lipinski definition) is 7. The number of nitrogen functional groups attached to an aromatic ring is 1. The Labute approximate surface area is 146 Å². The van der Waals surface area contributed by atoms with Crippen molar-refractivity contribution in [3.05, 3.63) is 29.3 Å². The van der Waals surface area contributed by atoms with Crippen molar-refractivity contribution in [2.24, 2.45) is 0 Å². The summed E-state index contributed by atoms with van der Waals surface area (Å²) in [5, 5.41) is 5.26. The Bertz CT molecular complexity index is 641. The molecule has 0 fully saturated rings. The Morgan fingerprint density at radius 3 is 2.08 bits per heavy atom. The lowest BCUT2D eigenvalue weighted by molar-refractivity contribution is 0.0953. The number of thiol groups is 1. The smallest absolute Gasteiger partial charge is 0.251 e. The molecule has 8 nitrogen and oxygen atoms in total. The Kier molecular flexibility index (Phi) is 9.20. The third-order valence-corrected chi connectivity index (χ3v) is 4.13. The summed E-state index contributed by atoms with van der Waals surface area (Å²) in [6, 6.07) is 4.34. The summed E-state index contributed by atoms with van der Waals surface area (Å²) < 4.78 is 29.5. The summed E-state index contributed by atoms with van der Waals surface area (Å²) in [4.78, 5) is 24.1. The molecule has 0 aliphatic rings. The molecule has 5 N–H and O–H groups in total. The van der Waals surface area contributed by atoms with Crippen LogP contribution in [0.4, 0.5) is 5.69 Å². The molecule has 1 rings (SSSR count). The number of nitrogens with two attached hydrogens (primary N) is 1. The first-order valence-electron chi connectivity index (χ1n) is 7.29. The standard InChI is InChI=1S/C14H21N3O5S2/c15-12-8-10(13(18)16-3-1-5-23-20)7-11(9-12)14(19)17-4-2-6-24(21)22/h7-9,20,24H,1-6,15H2,(H,16,18)(H,17,19). The van der Waals surface area contributed by atoms with E-state index >= 15 is 0 Å². The summed E-state index contributed by atoms with van der Waals surface area (Å²) in [5.41, 5.74) is 6.51. The summed E-state index contributed by atoms with van der Waals surface area (Å²) >= 11 is 0.707. The molecule has 0 aromatic heterocycles. The molecule has 1 aromatic carbocycles. The quantitative estimate of drug-likeness (QED) is 0.172. The van der Waals surface area contributed by atoms with E-state index in [9.17, 15) is 18.0 Å². The van der Waals surface area contributed by atoms with Gasteiger partial charge < -0.3 is 20.9 Å². The number of nitrogens with one attached hydrogen (secondary N) is 2. The lowest BCUT2D eigenvalue weighted by Crippen LogP contribution is -2.27. The van der Waals surface area contributed by atoms with Gasteiger partial charge in [-0.15, -0.1) is 0 Å². The maximum Gasteiger partial charge on any atom is 0.251 e. The van der Waals surface area contributed by atoms with Gasteiger partial charge in [0.05, 0.1) is 0 Å². The highest BCUT2D eigenvalue weighted by molar-refractivity contribution is 7.93. The van der Waals surface area contributed by atoms with Crippen LogP contribution in [0.2, 0.25) is 0 Å². The molecular formula is C14H21N3O5S2. The first-order chi connectivity index (χ1) is 11.4. The van der Waals surface area contributed by atoms with E-state index in [1.54, 1.807) is 0 Å². The maximum absolute atomic E-state index is 12.0. The lowest BCUT2D eigenvalue weighted by atomic mass is 10.1. The highest BCUT2D eigenvalue weighted by Crippen LogP contribution is 2.12. The largest absolute Gasteiger partial charge is 0.399 e. The minimum absolute atomic E-state index is 0.00627. The molecule has 0 heterocycles. The topological polar surface area (TPSA) is 139 Å². The van der Waals surface area contributed by atoms with Gasteiger partial charge in [-0.25, -0.2) is 8.42 Å². The van der Waals surface area contributed by atoms with Gasteiger partial charge in [-0.05, 0) is 43.1 Å². The van der Waals surface area contributed by atoms with E-state index in [1.807, 2.05) is 0 Å². The Morgan fingerprint density at radius 2 is 1.58 bits per heavy atom. The maximum atomic E-state index is 12.0. The normalized spacial score (nSPS) is 10.6. The molecule has 0 atom stereocenters. The van der Waals surface area contributed by atoms with Gasteiger partial charge in [0.25, 0.3) is 11.8 Å². The lowest BCUT2D eigenvalue weighted by Gasteiger charge is -2.09. The van der Waals surface area contributed by atoms with Crippen molar-refractivity contribution in [1.29, 1.82) is 0 Å². The van der Waals surface area contributed by atoms with Crippen molar-refractivity contribution >= 4 is 40.2 Å². The molecule has 0 aliphatic carbocycles. The highest BCUT2D eigenvalue weighted by Gasteiger charge is 2.12. The number of carbonyl (C=O) groups is 2. The minimum atomic E-state index is -2.45. The van der Waals surface area contributed by atoms with E-state index in [-0.39, 0.29) is 35.0 Å². The second-order valence-electron chi connectivity index (χ2n) is 4.95. The Hall–Kier alpha value is -1.78. The van der Waals surface area contributed by atoms with Gasteiger partial charge in [0.1, 0.15) is 10.7 Å². The van der Waals surface area contributed by atoms with Gasteiger partial charge in [0.15, 0.2) is 0 Å². The zero-order chi connectivity index (χ0) is 17.9. The number of benzene rings is 1. The van der Waals surface area contributed by atoms with Crippen LogP contribution in [0.5, 0.6) is 0 Å². The van der Waals surface area contributed by atoms with Gasteiger partial charge in [0.2, 0.25) is 0 Å². The fourth-order valence-electron chi connectivity index (χ4n) is 1.87. The molecule has 0 radical (unpaired) electrons. The third kappa shape index (κ3) is 7.66. The van der Waals surface area contributed by atoms with Gasteiger partial charge in [-0.3, -0.25) is 9.59 Å². The minimum Gasteiger partial charge on any atom is -0.399 e. The summed E-state index contributed by atoms with van der Waals surface area (Å²) in [7, 11) is -2.45. The van der Waals surface area contributed by atoms with E-state index in [0.717, 1.165) is 0 Å². The molecule has 0 unspecified atom stereocenters. The highest BCUT2D eigenvalue weighted by atomic mass is 32.2. The first-order valence-corrected chi connectivity index (χ1v) is 9.59. The molecule has 0 saturated carbocycles. The molecule has 0 saturated heterocycles. The van der Waals surface area contributed by atoms with E-state index in [1.165, 1.54) is 18.2 Å². The van der Waals surface area contributed by atoms with Crippen molar-refractivity contribution in [2.45, 2.75) is 12.8 Å². The zero-order valence-corrected chi connectivity index (χ0v) is 14.7. The molecule has 24 heavy (non-hydrogen) atoms. The van der Waals surface area contributed by atoms with Crippen LogP contribution in [0, 0.1) is 0 Å². The average molecular weight is 375 g/mol. The van der Waals surface area contributed by atoms with Crippen molar-refractivity contribution in [1.82, 2.24) is 10.6 Å². The number of hydrogen-bond donors (Lipinski definition) is 5. The van der Waals surface area contributed by atoms with Crippen LogP contribution in [-0.4, -0.2) is 49.4 Å². The summed E-state index contributed by atoms with van der Waals surface area (Å²) in [6.45, 7) is 0.618. The first kappa shape index (κ1) is 20.3. The summed E-state index contributed by atoms with van der Waals surface area (Å²) in [5.74, 6) is -0.261. The Balaban J connectivity index is 2.64. The number of carbonyl (C=O) groups excluding carboxylic acids is 2. The van der Waals surface area contributed by atoms with Crippen LogP contribution in [0.15, 0.2) is 18.2 Å². The molecular weight excluding hydrogens is 354 g/mol.